The monoisotopic (exact) mass is 397 g/mol. The van der Waals surface area contributed by atoms with Crippen LogP contribution in [0.5, 0.6) is 0 Å². The summed E-state index contributed by atoms with van der Waals surface area (Å²) in [5, 5.41) is 0. The minimum absolute atomic E-state index is 0.180. The van der Waals surface area contributed by atoms with E-state index in [0.717, 1.165) is 44.8 Å². The molecule has 2 fully saturated rings. The highest BCUT2D eigenvalue weighted by Gasteiger charge is 2.46. The Morgan fingerprint density at radius 2 is 1.96 bits per heavy atom. The lowest BCUT2D eigenvalue weighted by atomic mass is 10.3. The standard InChI is InChI=1S/C15H24N7O4P/c1-20-4-6-21(7-5-20)12-11-13(19-14(16)18-12)22(9-17-11)8-15(2-3-15)26-10-27(23,24)25/h9H,2-8,10H2,1H3,(H2,16,18,19)(H2,23,24,25). The predicted molar refractivity (Wildman–Crippen MR) is 99.4 cm³/mol. The Bertz CT molecular complexity index is 886. The van der Waals surface area contributed by atoms with Gasteiger partial charge in [-0.2, -0.15) is 9.97 Å². The first-order valence-corrected chi connectivity index (χ1v) is 10.6. The number of hydrogen-bond acceptors (Lipinski definition) is 8. The second-order valence-corrected chi connectivity index (χ2v) is 8.95. The molecule has 0 atom stereocenters. The fourth-order valence-corrected chi connectivity index (χ4v) is 3.76. The Balaban J connectivity index is 1.59. The fourth-order valence-electron chi connectivity index (χ4n) is 3.32. The van der Waals surface area contributed by atoms with Crippen LogP contribution in [0, 0.1) is 0 Å². The number of nitrogen functional groups attached to an aromatic ring is 1. The lowest BCUT2D eigenvalue weighted by Gasteiger charge is -2.33. The van der Waals surface area contributed by atoms with Crippen LogP contribution >= 0.6 is 7.60 Å². The van der Waals surface area contributed by atoms with Gasteiger partial charge in [0.05, 0.1) is 18.5 Å². The van der Waals surface area contributed by atoms with Gasteiger partial charge in [-0.15, -0.1) is 0 Å². The van der Waals surface area contributed by atoms with E-state index in [9.17, 15) is 4.57 Å². The SMILES string of the molecule is CN1CCN(c2nc(N)nc3c2ncn3CC2(OCP(=O)(O)O)CC2)CC1. The molecule has 1 aliphatic carbocycles. The highest BCUT2D eigenvalue weighted by Crippen LogP contribution is 2.46. The van der Waals surface area contributed by atoms with E-state index >= 15 is 0 Å². The largest absolute Gasteiger partial charge is 0.368 e. The summed E-state index contributed by atoms with van der Waals surface area (Å²) in [5.74, 6) is 0.907. The van der Waals surface area contributed by atoms with Crippen molar-refractivity contribution in [3.63, 3.8) is 0 Å². The van der Waals surface area contributed by atoms with Gasteiger partial charge in [0.2, 0.25) is 5.95 Å². The van der Waals surface area contributed by atoms with Crippen molar-refractivity contribution in [3.8, 4) is 0 Å². The van der Waals surface area contributed by atoms with Crippen molar-refractivity contribution in [2.45, 2.75) is 25.0 Å². The summed E-state index contributed by atoms with van der Waals surface area (Å²) < 4.78 is 18.5. The average molecular weight is 397 g/mol. The van der Waals surface area contributed by atoms with Crippen LogP contribution in [0.25, 0.3) is 11.2 Å². The minimum atomic E-state index is -4.20. The molecule has 3 heterocycles. The van der Waals surface area contributed by atoms with Crippen molar-refractivity contribution >= 4 is 30.5 Å². The van der Waals surface area contributed by atoms with Crippen molar-refractivity contribution in [1.82, 2.24) is 24.4 Å². The topological polar surface area (TPSA) is 143 Å². The van der Waals surface area contributed by atoms with E-state index in [1.807, 2.05) is 4.57 Å². The molecule has 1 saturated carbocycles. The van der Waals surface area contributed by atoms with Gasteiger partial charge in [-0.1, -0.05) is 0 Å². The quantitative estimate of drug-likeness (QED) is 0.563. The third-order valence-electron chi connectivity index (χ3n) is 5.07. The van der Waals surface area contributed by atoms with Crippen LogP contribution in [0.15, 0.2) is 6.33 Å². The van der Waals surface area contributed by atoms with E-state index < -0.39 is 19.5 Å². The van der Waals surface area contributed by atoms with Crippen molar-refractivity contribution in [3.05, 3.63) is 6.33 Å². The van der Waals surface area contributed by atoms with E-state index in [1.54, 1.807) is 6.33 Å². The molecule has 4 N–H and O–H groups in total. The normalized spacial score (nSPS) is 20.3. The van der Waals surface area contributed by atoms with E-state index in [2.05, 4.69) is 31.8 Å². The molecule has 0 radical (unpaired) electrons. The van der Waals surface area contributed by atoms with Gasteiger partial charge in [-0.3, -0.25) is 4.57 Å². The Morgan fingerprint density at radius 1 is 1.26 bits per heavy atom. The van der Waals surface area contributed by atoms with Crippen LogP contribution in [0.3, 0.4) is 0 Å². The molecule has 0 spiro atoms. The molecular weight excluding hydrogens is 373 g/mol. The van der Waals surface area contributed by atoms with Crippen LogP contribution in [0.2, 0.25) is 0 Å². The number of nitrogens with zero attached hydrogens (tertiary/aromatic N) is 6. The molecule has 1 saturated heterocycles. The molecule has 0 aromatic carbocycles. The maximum Gasteiger partial charge on any atom is 0.351 e. The number of hydrogen-bond donors (Lipinski definition) is 3. The Labute approximate surface area is 156 Å². The van der Waals surface area contributed by atoms with Gasteiger partial charge in [0, 0.05) is 26.2 Å². The molecule has 11 nitrogen and oxygen atoms in total. The lowest BCUT2D eigenvalue weighted by Crippen LogP contribution is -2.45. The number of likely N-dealkylation sites (N-methyl/N-ethyl adjacent to an activating group) is 1. The summed E-state index contributed by atoms with van der Waals surface area (Å²) >= 11 is 0. The molecule has 0 unspecified atom stereocenters. The van der Waals surface area contributed by atoms with Crippen molar-refractivity contribution in [1.29, 1.82) is 0 Å². The maximum absolute atomic E-state index is 11.1. The van der Waals surface area contributed by atoms with E-state index in [0.29, 0.717) is 17.7 Å². The van der Waals surface area contributed by atoms with Crippen LogP contribution in [-0.4, -0.2) is 79.4 Å². The molecule has 0 amide bonds. The Hall–Kier alpha value is -1.78. The molecule has 2 aromatic rings. The Morgan fingerprint density at radius 3 is 2.59 bits per heavy atom. The lowest BCUT2D eigenvalue weighted by molar-refractivity contribution is 0.0417. The van der Waals surface area contributed by atoms with Crippen molar-refractivity contribution in [2.75, 3.05) is 50.2 Å². The first-order chi connectivity index (χ1) is 12.7. The summed E-state index contributed by atoms with van der Waals surface area (Å²) in [6.07, 6.45) is 2.56. The summed E-state index contributed by atoms with van der Waals surface area (Å²) in [4.78, 5) is 35.8. The van der Waals surface area contributed by atoms with Gasteiger partial charge in [0.1, 0.15) is 6.35 Å². The van der Waals surface area contributed by atoms with Gasteiger partial charge >= 0.3 is 7.60 Å². The molecule has 1 aliphatic heterocycles. The molecule has 0 bridgehead atoms. The summed E-state index contributed by atoms with van der Waals surface area (Å²) in [6.45, 7) is 3.97. The van der Waals surface area contributed by atoms with Crippen LogP contribution in [-0.2, 0) is 15.8 Å². The zero-order valence-electron chi connectivity index (χ0n) is 15.2. The summed E-state index contributed by atoms with van der Waals surface area (Å²) in [6, 6.07) is 0. The summed E-state index contributed by atoms with van der Waals surface area (Å²) in [7, 11) is -2.12. The predicted octanol–water partition coefficient (Wildman–Crippen LogP) is -0.155. The zero-order chi connectivity index (χ0) is 19.2. The third kappa shape index (κ3) is 4.07. The highest BCUT2D eigenvalue weighted by molar-refractivity contribution is 7.51. The van der Waals surface area contributed by atoms with Gasteiger partial charge in [-0.05, 0) is 19.9 Å². The van der Waals surface area contributed by atoms with Gasteiger partial charge in [0.25, 0.3) is 0 Å². The van der Waals surface area contributed by atoms with Crippen molar-refractivity contribution in [2.24, 2.45) is 0 Å². The number of imidazole rings is 1. The Kier molecular flexibility index (Phi) is 4.59. The van der Waals surface area contributed by atoms with Gasteiger partial charge < -0.3 is 34.6 Å². The van der Waals surface area contributed by atoms with Gasteiger partial charge in [0.15, 0.2) is 17.0 Å². The van der Waals surface area contributed by atoms with Gasteiger partial charge in [-0.25, -0.2) is 4.98 Å². The number of piperazine rings is 1. The number of fused-ring (bicyclic) bond motifs is 1. The molecule has 27 heavy (non-hydrogen) atoms. The number of rotatable bonds is 6. The average Bonchev–Trinajstić information content (AvgIpc) is 3.27. The second kappa shape index (κ2) is 6.68. The van der Waals surface area contributed by atoms with Crippen LogP contribution in [0.4, 0.5) is 11.8 Å². The summed E-state index contributed by atoms with van der Waals surface area (Å²) in [5.41, 5.74) is 6.66. The second-order valence-electron chi connectivity index (χ2n) is 7.36. The van der Waals surface area contributed by atoms with Crippen LogP contribution in [0.1, 0.15) is 12.8 Å². The molecule has 4 rings (SSSR count). The molecule has 148 valence electrons. The minimum Gasteiger partial charge on any atom is -0.368 e. The highest BCUT2D eigenvalue weighted by atomic mass is 31.2. The fraction of sp³-hybridized carbons (Fsp3) is 0.667. The molecular formula is C15H24N7O4P. The molecule has 12 heteroatoms. The smallest absolute Gasteiger partial charge is 0.351 e. The van der Waals surface area contributed by atoms with Crippen molar-refractivity contribution < 1.29 is 19.1 Å². The molecule has 2 aromatic heterocycles. The first kappa shape index (κ1) is 18.6. The van der Waals surface area contributed by atoms with E-state index in [-0.39, 0.29) is 5.95 Å². The van der Waals surface area contributed by atoms with Crippen LogP contribution < -0.4 is 10.6 Å². The number of nitrogens with two attached hydrogens (primary N) is 1. The first-order valence-electron chi connectivity index (χ1n) is 8.85. The van der Waals surface area contributed by atoms with E-state index in [4.69, 9.17) is 20.3 Å². The third-order valence-corrected chi connectivity index (χ3v) is 5.54. The number of anilines is 2. The maximum atomic E-state index is 11.1. The number of ether oxygens (including phenoxy) is 1. The van der Waals surface area contributed by atoms with E-state index in [1.165, 1.54) is 0 Å². The molecule has 2 aliphatic rings. The zero-order valence-corrected chi connectivity index (χ0v) is 16.0. The number of aromatic nitrogens is 4.